The minimum atomic E-state index is 0.520. The zero-order chi connectivity index (χ0) is 13.5. The number of nitrogens with zero attached hydrogens (tertiary/aromatic N) is 3. The van der Waals surface area contributed by atoms with Crippen LogP contribution >= 0.6 is 0 Å². The van der Waals surface area contributed by atoms with Gasteiger partial charge in [-0.25, -0.2) is 0 Å². The summed E-state index contributed by atoms with van der Waals surface area (Å²) in [5.74, 6) is 0. The van der Waals surface area contributed by atoms with Gasteiger partial charge in [0.05, 0.1) is 29.8 Å². The van der Waals surface area contributed by atoms with Crippen LogP contribution in [-0.2, 0) is 6.54 Å². The molecule has 0 aromatic heterocycles. The number of hydrogen-bond donors (Lipinski definition) is 0. The summed E-state index contributed by atoms with van der Waals surface area (Å²) in [6.45, 7) is 0.520. The zero-order valence-corrected chi connectivity index (χ0v) is 10.2. The molecule has 19 heavy (non-hydrogen) atoms. The molecule has 0 amide bonds. The molecule has 0 saturated heterocycles. The first-order chi connectivity index (χ1) is 9.31. The van der Waals surface area contributed by atoms with Crippen LogP contribution in [0.5, 0.6) is 0 Å². The van der Waals surface area contributed by atoms with Gasteiger partial charge in [0.1, 0.15) is 0 Å². The van der Waals surface area contributed by atoms with Gasteiger partial charge >= 0.3 is 0 Å². The fourth-order valence-corrected chi connectivity index (χ4v) is 1.68. The standard InChI is InChI=1S/C16H11N3/c17-9-13-3-1-5-15(7-13)11-19-12-16-6-2-4-14(8-16)10-18/h1-8,11H,12H2. The first kappa shape index (κ1) is 12.5. The molecule has 2 rings (SSSR count). The molecule has 90 valence electrons. The molecule has 0 atom stereocenters. The second kappa shape index (κ2) is 6.14. The van der Waals surface area contributed by atoms with Crippen molar-refractivity contribution < 1.29 is 0 Å². The Morgan fingerprint density at radius 2 is 1.63 bits per heavy atom. The summed E-state index contributed by atoms with van der Waals surface area (Å²) in [7, 11) is 0. The summed E-state index contributed by atoms with van der Waals surface area (Å²) in [4.78, 5) is 4.32. The van der Waals surface area contributed by atoms with Crippen LogP contribution in [0.25, 0.3) is 0 Å². The van der Waals surface area contributed by atoms with Crippen molar-refractivity contribution in [3.05, 3.63) is 70.8 Å². The minimum Gasteiger partial charge on any atom is -0.288 e. The molecule has 0 N–H and O–H groups in total. The van der Waals surface area contributed by atoms with Crippen LogP contribution in [0.3, 0.4) is 0 Å². The Hall–Kier alpha value is -2.91. The maximum atomic E-state index is 8.80. The van der Waals surface area contributed by atoms with E-state index in [-0.39, 0.29) is 0 Å². The highest BCUT2D eigenvalue weighted by molar-refractivity contribution is 5.80. The normalized spacial score (nSPS) is 10.0. The molecular weight excluding hydrogens is 234 g/mol. The molecule has 0 aliphatic rings. The summed E-state index contributed by atoms with van der Waals surface area (Å²) in [5.41, 5.74) is 3.15. The van der Waals surface area contributed by atoms with Crippen LogP contribution in [0, 0.1) is 22.7 Å². The Balaban J connectivity index is 2.07. The second-order valence-corrected chi connectivity index (χ2v) is 4.02. The molecule has 0 fully saturated rings. The fraction of sp³-hybridized carbons (Fsp3) is 0.0625. The summed E-state index contributed by atoms with van der Waals surface area (Å²) >= 11 is 0. The predicted molar refractivity (Wildman–Crippen MR) is 73.6 cm³/mol. The topological polar surface area (TPSA) is 59.9 Å². The maximum absolute atomic E-state index is 8.80. The van der Waals surface area contributed by atoms with Crippen molar-refractivity contribution >= 4 is 6.21 Å². The fourth-order valence-electron chi connectivity index (χ4n) is 1.68. The third-order valence-corrected chi connectivity index (χ3v) is 2.59. The number of rotatable bonds is 3. The molecule has 0 aliphatic heterocycles. The first-order valence-corrected chi connectivity index (χ1v) is 5.81. The third-order valence-electron chi connectivity index (χ3n) is 2.59. The molecule has 0 saturated carbocycles. The van der Waals surface area contributed by atoms with E-state index < -0.39 is 0 Å². The Morgan fingerprint density at radius 3 is 2.37 bits per heavy atom. The summed E-state index contributed by atoms with van der Waals surface area (Å²) in [5, 5.41) is 17.6. The maximum Gasteiger partial charge on any atom is 0.0991 e. The number of hydrogen-bond acceptors (Lipinski definition) is 3. The monoisotopic (exact) mass is 245 g/mol. The molecule has 2 aromatic rings. The van der Waals surface area contributed by atoms with Gasteiger partial charge in [-0.2, -0.15) is 10.5 Å². The third kappa shape index (κ3) is 3.52. The van der Waals surface area contributed by atoms with Crippen LogP contribution in [0.1, 0.15) is 22.3 Å². The van der Waals surface area contributed by atoms with Crippen molar-refractivity contribution in [3.63, 3.8) is 0 Å². The highest BCUT2D eigenvalue weighted by Gasteiger charge is 1.94. The van der Waals surface area contributed by atoms with Crippen molar-refractivity contribution in [2.75, 3.05) is 0 Å². The van der Waals surface area contributed by atoms with Gasteiger partial charge in [-0.1, -0.05) is 24.3 Å². The average Bonchev–Trinajstić information content (AvgIpc) is 2.48. The molecular formula is C16H11N3. The molecule has 0 bridgehead atoms. The van der Waals surface area contributed by atoms with E-state index in [0.29, 0.717) is 17.7 Å². The lowest BCUT2D eigenvalue weighted by molar-refractivity contribution is 1.07. The van der Waals surface area contributed by atoms with Gasteiger partial charge in [-0.3, -0.25) is 4.99 Å². The Morgan fingerprint density at radius 1 is 0.947 bits per heavy atom. The van der Waals surface area contributed by atoms with E-state index >= 15 is 0 Å². The smallest absolute Gasteiger partial charge is 0.0991 e. The van der Waals surface area contributed by atoms with Gasteiger partial charge in [0.15, 0.2) is 0 Å². The van der Waals surface area contributed by atoms with Gasteiger partial charge in [0, 0.05) is 6.21 Å². The van der Waals surface area contributed by atoms with Gasteiger partial charge in [0.25, 0.3) is 0 Å². The molecule has 0 radical (unpaired) electrons. The van der Waals surface area contributed by atoms with Crippen LogP contribution < -0.4 is 0 Å². The Labute approximate surface area is 112 Å². The molecule has 0 heterocycles. The van der Waals surface area contributed by atoms with Gasteiger partial charge in [0.2, 0.25) is 0 Å². The summed E-state index contributed by atoms with van der Waals surface area (Å²) in [6, 6.07) is 18.8. The van der Waals surface area contributed by atoms with E-state index in [1.807, 2.05) is 30.3 Å². The van der Waals surface area contributed by atoms with Crippen molar-refractivity contribution in [2.24, 2.45) is 4.99 Å². The van der Waals surface area contributed by atoms with Gasteiger partial charge in [-0.05, 0) is 35.4 Å². The van der Waals surface area contributed by atoms with Crippen LogP contribution in [0.2, 0.25) is 0 Å². The first-order valence-electron chi connectivity index (χ1n) is 5.81. The Kier molecular flexibility index (Phi) is 4.05. The molecule has 0 aliphatic carbocycles. The van der Waals surface area contributed by atoms with Crippen LogP contribution in [-0.4, -0.2) is 6.21 Å². The summed E-state index contributed by atoms with van der Waals surface area (Å²) in [6.07, 6.45) is 1.74. The van der Waals surface area contributed by atoms with E-state index in [4.69, 9.17) is 10.5 Å². The predicted octanol–water partition coefficient (Wildman–Crippen LogP) is 3.05. The molecule has 3 heteroatoms. The van der Waals surface area contributed by atoms with Crippen molar-refractivity contribution in [2.45, 2.75) is 6.54 Å². The largest absolute Gasteiger partial charge is 0.288 e. The molecule has 0 spiro atoms. The average molecular weight is 245 g/mol. The van der Waals surface area contributed by atoms with Crippen LogP contribution in [0.15, 0.2) is 53.5 Å². The number of benzene rings is 2. The van der Waals surface area contributed by atoms with Crippen molar-refractivity contribution in [1.82, 2.24) is 0 Å². The number of aliphatic imine (C=N–C) groups is 1. The van der Waals surface area contributed by atoms with E-state index in [0.717, 1.165) is 11.1 Å². The number of nitriles is 2. The van der Waals surface area contributed by atoms with Gasteiger partial charge < -0.3 is 0 Å². The molecule has 2 aromatic carbocycles. The van der Waals surface area contributed by atoms with Crippen molar-refractivity contribution in [3.8, 4) is 12.1 Å². The highest BCUT2D eigenvalue weighted by atomic mass is 14.7. The lowest BCUT2D eigenvalue weighted by Gasteiger charge is -1.97. The minimum absolute atomic E-state index is 0.520. The van der Waals surface area contributed by atoms with E-state index in [1.54, 1.807) is 24.4 Å². The van der Waals surface area contributed by atoms with Gasteiger partial charge in [-0.15, -0.1) is 0 Å². The highest BCUT2D eigenvalue weighted by Crippen LogP contribution is 2.06. The lowest BCUT2D eigenvalue weighted by atomic mass is 10.1. The quantitative estimate of drug-likeness (QED) is 0.780. The lowest BCUT2D eigenvalue weighted by Crippen LogP contribution is -1.86. The summed E-state index contributed by atoms with van der Waals surface area (Å²) < 4.78 is 0. The van der Waals surface area contributed by atoms with E-state index in [9.17, 15) is 0 Å². The van der Waals surface area contributed by atoms with Crippen molar-refractivity contribution in [1.29, 1.82) is 10.5 Å². The Bertz CT molecular complexity index is 688. The van der Waals surface area contributed by atoms with Crippen LogP contribution in [0.4, 0.5) is 0 Å². The van der Waals surface area contributed by atoms with E-state index in [1.165, 1.54) is 0 Å². The molecule has 3 nitrogen and oxygen atoms in total. The SMILES string of the molecule is N#Cc1cccc(C=NCc2cccc(C#N)c2)c1. The zero-order valence-electron chi connectivity index (χ0n) is 10.2. The molecule has 0 unspecified atom stereocenters. The van der Waals surface area contributed by atoms with E-state index in [2.05, 4.69) is 17.1 Å². The second-order valence-electron chi connectivity index (χ2n) is 4.02.